The Morgan fingerprint density at radius 3 is 2.81 bits per heavy atom. The van der Waals surface area contributed by atoms with E-state index in [1.165, 1.54) is 22.3 Å². The number of halogens is 1. The number of nitrogens with one attached hydrogen (secondary N) is 1. The highest BCUT2D eigenvalue weighted by atomic mass is 79.9. The molecule has 1 aliphatic rings. The van der Waals surface area contributed by atoms with E-state index in [2.05, 4.69) is 64.6 Å². The van der Waals surface area contributed by atoms with Gasteiger partial charge in [0.2, 0.25) is 0 Å². The van der Waals surface area contributed by atoms with Crippen molar-refractivity contribution in [1.82, 2.24) is 5.32 Å². The molecule has 1 unspecified atom stereocenters. The van der Waals surface area contributed by atoms with Gasteiger partial charge in [0.05, 0.1) is 12.6 Å². The maximum absolute atomic E-state index is 5.71. The van der Waals surface area contributed by atoms with Crippen LogP contribution in [0.25, 0.3) is 0 Å². The van der Waals surface area contributed by atoms with Gasteiger partial charge in [-0.05, 0) is 67.3 Å². The van der Waals surface area contributed by atoms with E-state index in [-0.39, 0.29) is 6.04 Å². The van der Waals surface area contributed by atoms with Crippen molar-refractivity contribution in [3.63, 3.8) is 0 Å². The molecule has 1 heterocycles. The molecule has 0 fully saturated rings. The Morgan fingerprint density at radius 1 is 1.19 bits per heavy atom. The second-order valence-electron chi connectivity index (χ2n) is 5.54. The van der Waals surface area contributed by atoms with Gasteiger partial charge in [-0.15, -0.1) is 0 Å². The lowest BCUT2D eigenvalue weighted by Crippen LogP contribution is -2.19. The summed E-state index contributed by atoms with van der Waals surface area (Å²) >= 11 is 3.54. The summed E-state index contributed by atoms with van der Waals surface area (Å²) in [5.41, 5.74) is 5.23. The first-order valence-electron chi connectivity index (χ1n) is 7.38. The van der Waals surface area contributed by atoms with Crippen molar-refractivity contribution in [3.05, 3.63) is 63.1 Å². The van der Waals surface area contributed by atoms with Crippen LogP contribution in [0.1, 0.15) is 34.7 Å². The second-order valence-corrected chi connectivity index (χ2v) is 6.46. The van der Waals surface area contributed by atoms with Crippen LogP contribution in [0.3, 0.4) is 0 Å². The van der Waals surface area contributed by atoms with Crippen LogP contribution in [0.15, 0.2) is 40.9 Å². The summed E-state index contributed by atoms with van der Waals surface area (Å²) in [4.78, 5) is 0. The van der Waals surface area contributed by atoms with Crippen LogP contribution in [0, 0.1) is 6.92 Å². The zero-order chi connectivity index (χ0) is 14.8. The van der Waals surface area contributed by atoms with Crippen molar-refractivity contribution < 1.29 is 4.74 Å². The molecular formula is C18H20BrNO. The Morgan fingerprint density at radius 2 is 2.05 bits per heavy atom. The lowest BCUT2D eigenvalue weighted by Gasteiger charge is -2.23. The predicted molar refractivity (Wildman–Crippen MR) is 90.0 cm³/mol. The topological polar surface area (TPSA) is 21.3 Å². The minimum absolute atomic E-state index is 0.213. The Bertz CT molecular complexity index is 654. The highest BCUT2D eigenvalue weighted by Gasteiger charge is 2.17. The molecule has 3 rings (SSSR count). The van der Waals surface area contributed by atoms with E-state index in [0.29, 0.717) is 0 Å². The van der Waals surface area contributed by atoms with Crippen molar-refractivity contribution in [2.24, 2.45) is 0 Å². The largest absolute Gasteiger partial charge is 0.493 e. The number of fused-ring (bicyclic) bond motifs is 1. The highest BCUT2D eigenvalue weighted by molar-refractivity contribution is 9.10. The lowest BCUT2D eigenvalue weighted by atomic mass is 9.92. The summed E-state index contributed by atoms with van der Waals surface area (Å²) in [5.74, 6) is 1.05. The van der Waals surface area contributed by atoms with Gasteiger partial charge >= 0.3 is 0 Å². The Balaban J connectivity index is 1.99. The minimum Gasteiger partial charge on any atom is -0.493 e. The Hall–Kier alpha value is -1.32. The Labute approximate surface area is 134 Å². The fourth-order valence-corrected chi connectivity index (χ4v) is 3.50. The van der Waals surface area contributed by atoms with Crippen LogP contribution in [0.2, 0.25) is 0 Å². The molecule has 1 atom stereocenters. The van der Waals surface area contributed by atoms with E-state index >= 15 is 0 Å². The maximum atomic E-state index is 5.71. The molecule has 0 amide bonds. The molecule has 0 bridgehead atoms. The van der Waals surface area contributed by atoms with Crippen molar-refractivity contribution in [2.45, 2.75) is 25.8 Å². The van der Waals surface area contributed by atoms with E-state index in [1.807, 2.05) is 7.05 Å². The molecule has 0 spiro atoms. The number of ether oxygens (including phenoxy) is 1. The fourth-order valence-electron chi connectivity index (χ4n) is 3.02. The Kier molecular flexibility index (Phi) is 4.32. The first kappa shape index (κ1) is 14.6. The smallest absolute Gasteiger partial charge is 0.122 e. The summed E-state index contributed by atoms with van der Waals surface area (Å²) in [6.45, 7) is 3.00. The maximum Gasteiger partial charge on any atom is 0.122 e. The zero-order valence-electron chi connectivity index (χ0n) is 12.4. The molecule has 0 radical (unpaired) electrons. The molecule has 0 saturated carbocycles. The van der Waals surface area contributed by atoms with Gasteiger partial charge in [0.25, 0.3) is 0 Å². The molecule has 3 heteroatoms. The molecule has 21 heavy (non-hydrogen) atoms. The van der Waals surface area contributed by atoms with Crippen LogP contribution < -0.4 is 10.1 Å². The number of hydrogen-bond donors (Lipinski definition) is 1. The molecule has 0 saturated heterocycles. The van der Waals surface area contributed by atoms with Gasteiger partial charge in [-0.25, -0.2) is 0 Å². The third kappa shape index (κ3) is 2.99. The van der Waals surface area contributed by atoms with Gasteiger partial charge in [0, 0.05) is 4.47 Å². The van der Waals surface area contributed by atoms with Crippen molar-refractivity contribution in [2.75, 3.05) is 13.7 Å². The molecule has 2 aromatic carbocycles. The molecule has 1 N–H and O–H groups in total. The molecular weight excluding hydrogens is 326 g/mol. The first-order chi connectivity index (χ1) is 10.2. The molecule has 1 aliphatic heterocycles. The van der Waals surface area contributed by atoms with E-state index in [4.69, 9.17) is 4.74 Å². The monoisotopic (exact) mass is 345 g/mol. The normalized spacial score (nSPS) is 15.2. The van der Waals surface area contributed by atoms with Gasteiger partial charge in [-0.1, -0.05) is 34.1 Å². The van der Waals surface area contributed by atoms with Gasteiger partial charge in [-0.3, -0.25) is 0 Å². The van der Waals surface area contributed by atoms with E-state index < -0.39 is 0 Å². The van der Waals surface area contributed by atoms with Gasteiger partial charge in [-0.2, -0.15) is 0 Å². The summed E-state index contributed by atoms with van der Waals surface area (Å²) < 4.78 is 6.83. The summed E-state index contributed by atoms with van der Waals surface area (Å²) in [6, 6.07) is 13.3. The van der Waals surface area contributed by atoms with E-state index in [0.717, 1.165) is 29.7 Å². The average molecular weight is 346 g/mol. The molecule has 0 aromatic heterocycles. The SMILES string of the molecule is CNC(c1ccc2c(c1)CCCO2)c1ccc(Br)cc1C. The number of rotatable bonds is 3. The van der Waals surface area contributed by atoms with Crippen LogP contribution in [0.5, 0.6) is 5.75 Å². The third-order valence-electron chi connectivity index (χ3n) is 4.10. The minimum atomic E-state index is 0.213. The van der Waals surface area contributed by atoms with Crippen molar-refractivity contribution >= 4 is 15.9 Å². The standard InChI is InChI=1S/C18H20BrNO/c1-12-10-15(19)6-7-16(12)18(20-2)14-5-8-17-13(11-14)4-3-9-21-17/h5-8,10-11,18,20H,3-4,9H2,1-2H3. The van der Waals surface area contributed by atoms with E-state index in [1.54, 1.807) is 0 Å². The van der Waals surface area contributed by atoms with Crippen molar-refractivity contribution in [1.29, 1.82) is 0 Å². The predicted octanol–water partition coefficient (Wildman–Crippen LogP) is 4.39. The number of aryl methyl sites for hydroxylation is 2. The first-order valence-corrected chi connectivity index (χ1v) is 8.17. The summed E-state index contributed by atoms with van der Waals surface area (Å²) in [5, 5.41) is 3.45. The van der Waals surface area contributed by atoms with Crippen LogP contribution >= 0.6 is 15.9 Å². The number of benzene rings is 2. The third-order valence-corrected chi connectivity index (χ3v) is 4.59. The zero-order valence-corrected chi connectivity index (χ0v) is 14.0. The van der Waals surface area contributed by atoms with Gasteiger partial charge in [0.15, 0.2) is 0 Å². The fraction of sp³-hybridized carbons (Fsp3) is 0.333. The second kappa shape index (κ2) is 6.20. The summed E-state index contributed by atoms with van der Waals surface area (Å²) in [6.07, 6.45) is 2.22. The molecule has 0 aliphatic carbocycles. The van der Waals surface area contributed by atoms with Gasteiger partial charge in [0.1, 0.15) is 5.75 Å². The quantitative estimate of drug-likeness (QED) is 0.890. The molecule has 2 nitrogen and oxygen atoms in total. The van der Waals surface area contributed by atoms with Crippen LogP contribution in [0.4, 0.5) is 0 Å². The van der Waals surface area contributed by atoms with Gasteiger partial charge < -0.3 is 10.1 Å². The van der Waals surface area contributed by atoms with E-state index in [9.17, 15) is 0 Å². The van der Waals surface area contributed by atoms with Crippen molar-refractivity contribution in [3.8, 4) is 5.75 Å². The number of hydrogen-bond acceptors (Lipinski definition) is 2. The molecule has 2 aromatic rings. The highest BCUT2D eigenvalue weighted by Crippen LogP contribution is 2.31. The molecule has 110 valence electrons. The average Bonchev–Trinajstić information content (AvgIpc) is 2.50. The lowest BCUT2D eigenvalue weighted by molar-refractivity contribution is 0.288. The summed E-state index contributed by atoms with van der Waals surface area (Å²) in [7, 11) is 2.02. The van der Waals surface area contributed by atoms with Crippen LogP contribution in [-0.4, -0.2) is 13.7 Å². The van der Waals surface area contributed by atoms with Crippen LogP contribution in [-0.2, 0) is 6.42 Å².